The number of carbonyl (C=O) groups is 1. The van der Waals surface area contributed by atoms with Crippen LogP contribution in [0.3, 0.4) is 0 Å². The number of nitro groups is 1. The normalized spacial score (nSPS) is 10.8. The minimum Gasteiger partial charge on any atom is -0.383 e. The average Bonchev–Trinajstić information content (AvgIpc) is 3.14. The number of rotatable bonds is 6. The molecule has 9 heteroatoms. The third-order valence-electron chi connectivity index (χ3n) is 3.74. The first kappa shape index (κ1) is 16.9. The number of anilines is 1. The summed E-state index contributed by atoms with van der Waals surface area (Å²) >= 11 is 1.42. The van der Waals surface area contributed by atoms with Crippen LogP contribution in [0.25, 0.3) is 10.2 Å². The van der Waals surface area contributed by atoms with Gasteiger partial charge < -0.3 is 10.6 Å². The van der Waals surface area contributed by atoms with E-state index in [1.54, 1.807) is 16.8 Å². The average molecular weight is 359 g/mol. The van der Waals surface area contributed by atoms with E-state index < -0.39 is 4.92 Å². The molecule has 1 amide bonds. The second kappa shape index (κ2) is 6.89. The molecule has 0 unspecified atom stereocenters. The number of nitrogens with zero attached hydrogens (tertiary/aromatic N) is 3. The van der Waals surface area contributed by atoms with Crippen LogP contribution in [-0.2, 0) is 7.05 Å². The number of benzene rings is 1. The Balaban J connectivity index is 1.51. The predicted octanol–water partition coefficient (Wildman–Crippen LogP) is 2.69. The zero-order valence-corrected chi connectivity index (χ0v) is 14.6. The number of nitrogens with one attached hydrogen (secondary N) is 2. The molecule has 0 fully saturated rings. The number of non-ortho nitro benzene ring substituents is 1. The van der Waals surface area contributed by atoms with Crippen molar-refractivity contribution in [3.8, 4) is 0 Å². The lowest BCUT2D eigenvalue weighted by atomic mass is 10.3. The molecule has 0 radical (unpaired) electrons. The quantitative estimate of drug-likeness (QED) is 0.400. The molecule has 0 aliphatic rings. The van der Waals surface area contributed by atoms with Crippen molar-refractivity contribution in [2.45, 2.75) is 6.92 Å². The molecule has 0 saturated carbocycles. The topological polar surface area (TPSA) is 102 Å². The van der Waals surface area contributed by atoms with Gasteiger partial charge in [0, 0.05) is 43.3 Å². The van der Waals surface area contributed by atoms with Crippen LogP contribution in [0.5, 0.6) is 0 Å². The molecular formula is C16H17N5O3S. The van der Waals surface area contributed by atoms with Crippen LogP contribution >= 0.6 is 11.3 Å². The number of hydrogen-bond acceptors (Lipinski definition) is 6. The predicted molar refractivity (Wildman–Crippen MR) is 97.2 cm³/mol. The highest BCUT2D eigenvalue weighted by Gasteiger charge is 2.14. The molecule has 25 heavy (non-hydrogen) atoms. The minimum atomic E-state index is -0.438. The lowest BCUT2D eigenvalue weighted by Crippen LogP contribution is -2.28. The van der Waals surface area contributed by atoms with Crippen molar-refractivity contribution in [1.82, 2.24) is 15.1 Å². The Morgan fingerprint density at radius 1 is 1.32 bits per heavy atom. The van der Waals surface area contributed by atoms with Gasteiger partial charge in [0.1, 0.15) is 4.83 Å². The minimum absolute atomic E-state index is 0.0494. The molecule has 3 rings (SSSR count). The summed E-state index contributed by atoms with van der Waals surface area (Å²) in [6, 6.07) is 8.02. The summed E-state index contributed by atoms with van der Waals surface area (Å²) in [5.41, 5.74) is 1.73. The molecular weight excluding hydrogens is 342 g/mol. The lowest BCUT2D eigenvalue weighted by Gasteiger charge is -2.07. The van der Waals surface area contributed by atoms with Crippen LogP contribution in [-0.4, -0.2) is 33.7 Å². The Labute approximate surface area is 147 Å². The highest BCUT2D eigenvalue weighted by atomic mass is 32.1. The van der Waals surface area contributed by atoms with Crippen LogP contribution in [0.15, 0.2) is 30.3 Å². The van der Waals surface area contributed by atoms with Crippen molar-refractivity contribution in [3.63, 3.8) is 0 Å². The number of thiophene rings is 1. The van der Waals surface area contributed by atoms with Gasteiger partial charge in [-0.05, 0) is 25.1 Å². The van der Waals surface area contributed by atoms with E-state index in [0.29, 0.717) is 18.0 Å². The molecule has 3 aromatic rings. The van der Waals surface area contributed by atoms with E-state index in [1.165, 1.54) is 23.5 Å². The summed E-state index contributed by atoms with van der Waals surface area (Å²) in [7, 11) is 1.86. The number of aromatic nitrogens is 2. The van der Waals surface area contributed by atoms with Crippen LogP contribution in [0.2, 0.25) is 0 Å². The Hall–Kier alpha value is -2.94. The molecule has 0 aliphatic carbocycles. The van der Waals surface area contributed by atoms with E-state index in [-0.39, 0.29) is 11.6 Å². The Morgan fingerprint density at radius 3 is 2.68 bits per heavy atom. The SMILES string of the molecule is Cc1nn(C)c2sc(C(=O)NCCNc3ccc([N+](=O)[O-])cc3)cc12. The molecule has 8 nitrogen and oxygen atoms in total. The van der Waals surface area contributed by atoms with E-state index in [2.05, 4.69) is 15.7 Å². The maximum absolute atomic E-state index is 12.2. The summed E-state index contributed by atoms with van der Waals surface area (Å²) in [6.45, 7) is 2.89. The van der Waals surface area contributed by atoms with E-state index in [1.807, 2.05) is 20.0 Å². The van der Waals surface area contributed by atoms with Crippen LogP contribution in [0.4, 0.5) is 11.4 Å². The van der Waals surface area contributed by atoms with Crippen LogP contribution in [0.1, 0.15) is 15.4 Å². The van der Waals surface area contributed by atoms with Gasteiger partial charge in [-0.1, -0.05) is 0 Å². The van der Waals surface area contributed by atoms with Gasteiger partial charge >= 0.3 is 0 Å². The Kier molecular flexibility index (Phi) is 4.66. The molecule has 0 saturated heterocycles. The summed E-state index contributed by atoms with van der Waals surface area (Å²) in [5, 5.41) is 21.9. The molecule has 2 heterocycles. The summed E-state index contributed by atoms with van der Waals surface area (Å²) in [5.74, 6) is -0.119. The maximum Gasteiger partial charge on any atom is 0.269 e. The molecule has 2 aromatic heterocycles. The van der Waals surface area contributed by atoms with E-state index in [4.69, 9.17) is 0 Å². The summed E-state index contributed by atoms with van der Waals surface area (Å²) in [4.78, 5) is 24.0. The highest BCUT2D eigenvalue weighted by molar-refractivity contribution is 7.20. The number of nitro benzene ring substituents is 1. The Morgan fingerprint density at radius 2 is 2.04 bits per heavy atom. The second-order valence-corrected chi connectivity index (χ2v) is 6.56. The van der Waals surface area contributed by atoms with Gasteiger partial charge in [-0.2, -0.15) is 5.10 Å². The number of aryl methyl sites for hydroxylation is 2. The number of amides is 1. The van der Waals surface area contributed by atoms with Gasteiger partial charge in [0.15, 0.2) is 0 Å². The summed E-state index contributed by atoms with van der Waals surface area (Å²) < 4.78 is 1.78. The first-order valence-electron chi connectivity index (χ1n) is 7.65. The third-order valence-corrected chi connectivity index (χ3v) is 4.94. The van der Waals surface area contributed by atoms with Crippen molar-refractivity contribution in [1.29, 1.82) is 0 Å². The maximum atomic E-state index is 12.2. The van der Waals surface area contributed by atoms with Crippen LogP contribution < -0.4 is 10.6 Å². The molecule has 130 valence electrons. The van der Waals surface area contributed by atoms with Gasteiger partial charge in [-0.15, -0.1) is 11.3 Å². The largest absolute Gasteiger partial charge is 0.383 e. The van der Waals surface area contributed by atoms with Crippen LogP contribution in [0, 0.1) is 17.0 Å². The fraction of sp³-hybridized carbons (Fsp3) is 0.250. The molecule has 2 N–H and O–H groups in total. The zero-order valence-electron chi connectivity index (χ0n) is 13.8. The van der Waals surface area contributed by atoms with Gasteiger partial charge in [0.25, 0.3) is 11.6 Å². The van der Waals surface area contributed by atoms with Gasteiger partial charge in [0.05, 0.1) is 15.5 Å². The standard InChI is InChI=1S/C16H17N5O3S/c1-10-13-9-14(25-16(13)20(2)19-10)15(22)18-8-7-17-11-3-5-12(6-4-11)21(23)24/h3-6,9,17H,7-8H2,1-2H3,(H,18,22). The Bertz CT molecular complexity index is 895. The van der Waals surface area contributed by atoms with Gasteiger partial charge in [0.2, 0.25) is 0 Å². The van der Waals surface area contributed by atoms with E-state index >= 15 is 0 Å². The molecule has 0 atom stereocenters. The molecule has 0 spiro atoms. The van der Waals surface area contributed by atoms with Crippen molar-refractivity contribution in [2.24, 2.45) is 7.05 Å². The smallest absolute Gasteiger partial charge is 0.269 e. The lowest BCUT2D eigenvalue weighted by molar-refractivity contribution is -0.384. The van der Waals surface area contributed by atoms with E-state index in [0.717, 1.165) is 21.6 Å². The molecule has 0 bridgehead atoms. The number of hydrogen-bond donors (Lipinski definition) is 2. The summed E-state index contributed by atoms with van der Waals surface area (Å²) in [6.07, 6.45) is 0. The molecule has 0 aliphatic heterocycles. The number of fused-ring (bicyclic) bond motifs is 1. The zero-order chi connectivity index (χ0) is 18.0. The van der Waals surface area contributed by atoms with Crippen molar-refractivity contribution < 1.29 is 9.72 Å². The van der Waals surface area contributed by atoms with E-state index in [9.17, 15) is 14.9 Å². The highest BCUT2D eigenvalue weighted by Crippen LogP contribution is 2.27. The van der Waals surface area contributed by atoms with Crippen molar-refractivity contribution >= 4 is 38.8 Å². The van der Waals surface area contributed by atoms with Gasteiger partial charge in [-0.25, -0.2) is 0 Å². The van der Waals surface area contributed by atoms with Crippen molar-refractivity contribution in [2.75, 3.05) is 18.4 Å². The molecule has 1 aromatic carbocycles. The third kappa shape index (κ3) is 3.61. The first-order valence-corrected chi connectivity index (χ1v) is 8.47. The first-order chi connectivity index (χ1) is 12.0. The second-order valence-electron chi connectivity index (χ2n) is 5.53. The van der Waals surface area contributed by atoms with Gasteiger partial charge in [-0.3, -0.25) is 19.6 Å². The van der Waals surface area contributed by atoms with Crippen molar-refractivity contribution in [3.05, 3.63) is 51.0 Å². The fourth-order valence-corrected chi connectivity index (χ4v) is 3.53. The fourth-order valence-electron chi connectivity index (χ4n) is 2.49. The number of carbonyl (C=O) groups excluding carboxylic acids is 1. The monoisotopic (exact) mass is 359 g/mol.